The fourth-order valence-electron chi connectivity index (χ4n) is 1.15. The summed E-state index contributed by atoms with van der Waals surface area (Å²) in [5.41, 5.74) is 0.435. The highest BCUT2D eigenvalue weighted by molar-refractivity contribution is 6.30. The normalized spacial score (nSPS) is 11.8. The molecule has 0 heterocycles. The molecule has 4 heteroatoms. The van der Waals surface area contributed by atoms with Crippen molar-refractivity contribution >= 4 is 23.8 Å². The van der Waals surface area contributed by atoms with Crippen molar-refractivity contribution in [3.05, 3.63) is 34.9 Å². The lowest BCUT2D eigenvalue weighted by Crippen LogP contribution is -2.25. The molecule has 0 spiro atoms. The van der Waals surface area contributed by atoms with E-state index in [-0.39, 0.29) is 12.5 Å². The first-order valence-corrected chi connectivity index (χ1v) is 5.72. The molecule has 17 heavy (non-hydrogen) atoms. The number of nitrogens with zero attached hydrogens (tertiary/aromatic N) is 1. The molecule has 0 bridgehead atoms. The summed E-state index contributed by atoms with van der Waals surface area (Å²) in [6.45, 7) is 5.51. The van der Waals surface area contributed by atoms with Gasteiger partial charge < -0.3 is 4.74 Å². The molecule has 1 aromatic rings. The van der Waals surface area contributed by atoms with E-state index in [2.05, 4.69) is 4.99 Å². The summed E-state index contributed by atoms with van der Waals surface area (Å²) < 4.78 is 5.12. The molecule has 0 atom stereocenters. The van der Waals surface area contributed by atoms with Crippen LogP contribution in [0.15, 0.2) is 29.3 Å². The van der Waals surface area contributed by atoms with Crippen molar-refractivity contribution in [1.82, 2.24) is 0 Å². The van der Waals surface area contributed by atoms with E-state index in [1.165, 1.54) is 0 Å². The second-order valence-electron chi connectivity index (χ2n) is 4.61. The Morgan fingerprint density at radius 3 is 2.47 bits per heavy atom. The van der Waals surface area contributed by atoms with Crippen molar-refractivity contribution in [2.75, 3.05) is 6.54 Å². The van der Waals surface area contributed by atoms with Crippen LogP contribution in [-0.4, -0.2) is 24.3 Å². The molecule has 0 aliphatic rings. The number of hydrogen-bond acceptors (Lipinski definition) is 3. The standard InChI is InChI=1S/C13H16ClNO2/c1-13(2,3)17-12(16)9-15-8-10-4-6-11(14)7-5-10/h4-8H,9H2,1-3H3/b15-8+. The summed E-state index contributed by atoms with van der Waals surface area (Å²) in [5.74, 6) is -0.331. The minimum atomic E-state index is -0.465. The minimum absolute atomic E-state index is 0.0277. The van der Waals surface area contributed by atoms with Crippen LogP contribution in [0.25, 0.3) is 0 Å². The van der Waals surface area contributed by atoms with Crippen molar-refractivity contribution in [3.8, 4) is 0 Å². The number of halogens is 1. The number of benzene rings is 1. The number of hydrogen-bond donors (Lipinski definition) is 0. The molecule has 3 nitrogen and oxygen atoms in total. The average Bonchev–Trinajstić information content (AvgIpc) is 2.18. The highest BCUT2D eigenvalue weighted by Crippen LogP contribution is 2.08. The predicted octanol–water partition coefficient (Wildman–Crippen LogP) is 3.10. The quantitative estimate of drug-likeness (QED) is 0.613. The lowest BCUT2D eigenvalue weighted by Gasteiger charge is -2.18. The van der Waals surface area contributed by atoms with Crippen molar-refractivity contribution < 1.29 is 9.53 Å². The zero-order valence-electron chi connectivity index (χ0n) is 10.2. The Morgan fingerprint density at radius 1 is 1.35 bits per heavy atom. The van der Waals surface area contributed by atoms with Crippen molar-refractivity contribution in [2.24, 2.45) is 4.99 Å². The molecular weight excluding hydrogens is 238 g/mol. The van der Waals surface area contributed by atoms with E-state index in [1.54, 1.807) is 18.3 Å². The number of esters is 1. The maximum atomic E-state index is 11.3. The van der Waals surface area contributed by atoms with Crippen LogP contribution < -0.4 is 0 Å². The molecule has 1 rings (SSSR count). The molecule has 92 valence electrons. The number of rotatable bonds is 3. The molecule has 0 amide bonds. The molecule has 0 unspecified atom stereocenters. The zero-order chi connectivity index (χ0) is 12.9. The van der Waals surface area contributed by atoms with E-state index in [1.807, 2.05) is 32.9 Å². The molecule has 0 aliphatic carbocycles. The molecule has 0 saturated heterocycles. The van der Waals surface area contributed by atoms with Crippen molar-refractivity contribution in [3.63, 3.8) is 0 Å². The summed E-state index contributed by atoms with van der Waals surface area (Å²) in [5, 5.41) is 0.675. The number of carbonyl (C=O) groups is 1. The van der Waals surface area contributed by atoms with E-state index in [9.17, 15) is 4.79 Å². The van der Waals surface area contributed by atoms with Crippen molar-refractivity contribution in [1.29, 1.82) is 0 Å². The molecule has 0 saturated carbocycles. The van der Waals surface area contributed by atoms with Gasteiger partial charge in [0.05, 0.1) is 0 Å². The Morgan fingerprint density at radius 2 is 1.94 bits per heavy atom. The minimum Gasteiger partial charge on any atom is -0.459 e. The van der Waals surface area contributed by atoms with Gasteiger partial charge in [-0.3, -0.25) is 9.79 Å². The molecule has 0 radical (unpaired) electrons. The van der Waals surface area contributed by atoms with E-state index in [0.29, 0.717) is 5.02 Å². The second-order valence-corrected chi connectivity index (χ2v) is 5.04. The summed E-state index contributed by atoms with van der Waals surface area (Å²) in [7, 11) is 0. The van der Waals surface area contributed by atoms with E-state index in [0.717, 1.165) is 5.56 Å². The van der Waals surface area contributed by atoms with Gasteiger partial charge in [0, 0.05) is 11.2 Å². The third-order valence-corrected chi connectivity index (χ3v) is 2.00. The second kappa shape index (κ2) is 5.82. The Bertz CT molecular complexity index is 404. The molecule has 0 N–H and O–H groups in total. The number of aliphatic imine (C=N–C) groups is 1. The third-order valence-electron chi connectivity index (χ3n) is 1.75. The predicted molar refractivity (Wildman–Crippen MR) is 69.8 cm³/mol. The monoisotopic (exact) mass is 253 g/mol. The van der Waals surface area contributed by atoms with Crippen LogP contribution in [0.2, 0.25) is 5.02 Å². The molecular formula is C13H16ClNO2. The van der Waals surface area contributed by atoms with Gasteiger partial charge in [0.25, 0.3) is 0 Å². The van der Waals surface area contributed by atoms with Crippen LogP contribution in [0.3, 0.4) is 0 Å². The Hall–Kier alpha value is -1.35. The van der Waals surface area contributed by atoms with Crippen LogP contribution in [0.1, 0.15) is 26.3 Å². The van der Waals surface area contributed by atoms with Crippen LogP contribution >= 0.6 is 11.6 Å². The Balaban J connectivity index is 2.45. The maximum absolute atomic E-state index is 11.3. The SMILES string of the molecule is CC(C)(C)OC(=O)C/N=C/c1ccc(Cl)cc1. The van der Waals surface area contributed by atoms with Gasteiger partial charge in [0.15, 0.2) is 0 Å². The van der Waals surface area contributed by atoms with Gasteiger partial charge in [-0.05, 0) is 38.5 Å². The Kier molecular flexibility index (Phi) is 4.70. The van der Waals surface area contributed by atoms with Crippen molar-refractivity contribution in [2.45, 2.75) is 26.4 Å². The lowest BCUT2D eigenvalue weighted by molar-refractivity contribution is -0.152. The average molecular weight is 254 g/mol. The first kappa shape index (κ1) is 13.7. The molecule has 0 aromatic heterocycles. The maximum Gasteiger partial charge on any atom is 0.328 e. The first-order chi connectivity index (χ1) is 7.87. The van der Waals surface area contributed by atoms with Crippen LogP contribution in [0.4, 0.5) is 0 Å². The summed E-state index contributed by atoms with van der Waals surface area (Å²) in [4.78, 5) is 15.4. The summed E-state index contributed by atoms with van der Waals surface area (Å²) in [6, 6.07) is 7.22. The van der Waals surface area contributed by atoms with Gasteiger partial charge in [-0.25, -0.2) is 0 Å². The summed E-state index contributed by atoms with van der Waals surface area (Å²) >= 11 is 5.75. The van der Waals surface area contributed by atoms with E-state index >= 15 is 0 Å². The van der Waals surface area contributed by atoms with Crippen LogP contribution in [-0.2, 0) is 9.53 Å². The highest BCUT2D eigenvalue weighted by Gasteiger charge is 2.15. The number of ether oxygens (including phenoxy) is 1. The fourth-order valence-corrected chi connectivity index (χ4v) is 1.27. The molecule has 0 fully saturated rings. The van der Waals surface area contributed by atoms with Gasteiger partial charge >= 0.3 is 5.97 Å². The molecule has 1 aromatic carbocycles. The Labute approximate surface area is 106 Å². The first-order valence-electron chi connectivity index (χ1n) is 5.34. The smallest absolute Gasteiger partial charge is 0.328 e. The molecule has 0 aliphatic heterocycles. The van der Waals surface area contributed by atoms with Gasteiger partial charge in [-0.15, -0.1) is 0 Å². The third kappa shape index (κ3) is 6.07. The highest BCUT2D eigenvalue weighted by atomic mass is 35.5. The fraction of sp³-hybridized carbons (Fsp3) is 0.385. The van der Waals surface area contributed by atoms with E-state index in [4.69, 9.17) is 16.3 Å². The zero-order valence-corrected chi connectivity index (χ0v) is 11.0. The largest absolute Gasteiger partial charge is 0.459 e. The van der Waals surface area contributed by atoms with Crippen LogP contribution in [0, 0.1) is 0 Å². The van der Waals surface area contributed by atoms with Gasteiger partial charge in [-0.2, -0.15) is 0 Å². The van der Waals surface area contributed by atoms with Crippen LogP contribution in [0.5, 0.6) is 0 Å². The topological polar surface area (TPSA) is 38.7 Å². The summed E-state index contributed by atoms with van der Waals surface area (Å²) in [6.07, 6.45) is 1.63. The lowest BCUT2D eigenvalue weighted by atomic mass is 10.2. The van der Waals surface area contributed by atoms with Gasteiger partial charge in [-0.1, -0.05) is 23.7 Å². The number of carbonyl (C=O) groups excluding carboxylic acids is 1. The van der Waals surface area contributed by atoms with Gasteiger partial charge in [0.1, 0.15) is 12.1 Å². The van der Waals surface area contributed by atoms with E-state index < -0.39 is 5.60 Å². The van der Waals surface area contributed by atoms with Gasteiger partial charge in [0.2, 0.25) is 0 Å².